The molecule has 1 aromatic carbocycles. The fourth-order valence-corrected chi connectivity index (χ4v) is 6.74. The molecule has 3 atom stereocenters. The monoisotopic (exact) mass is 364 g/mol. The van der Waals surface area contributed by atoms with Gasteiger partial charge in [-0.15, -0.1) is 0 Å². The summed E-state index contributed by atoms with van der Waals surface area (Å²) >= 11 is 0. The van der Waals surface area contributed by atoms with Crippen LogP contribution in [0.4, 0.5) is 0 Å². The van der Waals surface area contributed by atoms with Crippen molar-refractivity contribution < 1.29 is 23.6 Å². The Morgan fingerprint density at radius 1 is 1.04 bits per heavy atom. The van der Waals surface area contributed by atoms with Gasteiger partial charge in [0.15, 0.2) is 5.60 Å². The maximum absolute atomic E-state index is 10.8. The summed E-state index contributed by atoms with van der Waals surface area (Å²) in [6.07, 6.45) is 6.34. The Bertz CT molecular complexity index is 632. The Morgan fingerprint density at radius 2 is 1.68 bits per heavy atom. The van der Waals surface area contributed by atoms with Crippen molar-refractivity contribution in [2.75, 3.05) is 7.11 Å². The van der Waals surface area contributed by atoms with E-state index in [1.807, 2.05) is 24.3 Å². The van der Waals surface area contributed by atoms with Crippen LogP contribution in [0.5, 0.6) is 5.75 Å². The van der Waals surface area contributed by atoms with Crippen LogP contribution in [0.1, 0.15) is 37.7 Å². The molecule has 5 nitrogen and oxygen atoms in total. The number of methoxy groups -OCH3 is 1. The van der Waals surface area contributed by atoms with E-state index in [0.717, 1.165) is 17.4 Å². The summed E-state index contributed by atoms with van der Waals surface area (Å²) in [6, 6.07) is 7.77. The smallest absolute Gasteiger partial charge is 0.228 e. The van der Waals surface area contributed by atoms with Gasteiger partial charge in [0.2, 0.25) is 15.0 Å². The number of benzene rings is 1. The average molecular weight is 364 g/mol. The molecular weight excluding hydrogens is 339 g/mol. The predicted molar refractivity (Wildman–Crippen MR) is 92.6 cm³/mol. The number of hydrogen-bond acceptors (Lipinski definition) is 5. The highest BCUT2D eigenvalue weighted by Crippen LogP contribution is 2.64. The van der Waals surface area contributed by atoms with Gasteiger partial charge in [-0.25, -0.2) is 4.89 Å². The second kappa shape index (κ2) is 6.09. The lowest BCUT2D eigenvalue weighted by atomic mass is 9.48. The largest absolute Gasteiger partial charge is 0.447 e. The van der Waals surface area contributed by atoms with Crippen molar-refractivity contribution in [2.45, 2.75) is 44.0 Å². The van der Waals surface area contributed by atoms with Crippen LogP contribution in [0.15, 0.2) is 24.3 Å². The zero-order valence-corrected chi connectivity index (χ0v) is 15.6. The SMILES string of the molecule is COC1OOC1(c1ccc(O[PH2]=O)cc1)C1C2CC3CC(C2)CC1C3. The number of ether oxygens (including phenoxy) is 1. The van der Waals surface area contributed by atoms with Crippen molar-refractivity contribution in [3.8, 4) is 5.75 Å². The highest BCUT2D eigenvalue weighted by Gasteiger charge is 2.66. The molecule has 4 saturated carbocycles. The molecule has 1 aromatic rings. The van der Waals surface area contributed by atoms with Gasteiger partial charge in [-0.05, 0) is 73.5 Å². The van der Waals surface area contributed by atoms with Crippen LogP contribution < -0.4 is 4.52 Å². The minimum atomic E-state index is -1.25. The summed E-state index contributed by atoms with van der Waals surface area (Å²) < 4.78 is 21.6. The van der Waals surface area contributed by atoms with E-state index in [1.165, 1.54) is 32.1 Å². The first-order chi connectivity index (χ1) is 12.2. The van der Waals surface area contributed by atoms with Crippen LogP contribution in [0, 0.1) is 29.6 Å². The molecule has 0 aromatic heterocycles. The minimum absolute atomic E-state index is 0.369. The number of hydrogen-bond donors (Lipinski definition) is 0. The highest BCUT2D eigenvalue weighted by atomic mass is 31.1. The maximum atomic E-state index is 10.8. The molecule has 4 aliphatic carbocycles. The minimum Gasteiger partial charge on any atom is -0.447 e. The van der Waals surface area contributed by atoms with Crippen LogP contribution in [-0.4, -0.2) is 13.4 Å². The standard InChI is InChI=1S/C19H25O5P/c1-21-18-19(24-22-18,15-2-4-16(5-3-15)23-25-20)17-13-7-11-6-12(9-13)10-14(17)8-11/h2-5,11-14,17-18H,6-10,25H2,1H3. The van der Waals surface area contributed by atoms with Gasteiger partial charge in [-0.1, -0.05) is 12.1 Å². The summed E-state index contributed by atoms with van der Waals surface area (Å²) in [6.45, 7) is 0. The fourth-order valence-electron chi connectivity index (χ4n) is 6.47. The Hall–Kier alpha value is -0.870. The first kappa shape index (κ1) is 16.3. The van der Waals surface area contributed by atoms with Crippen LogP contribution in [0.2, 0.25) is 0 Å². The second-order valence-electron chi connectivity index (χ2n) is 8.24. The molecule has 1 heterocycles. The lowest BCUT2D eigenvalue weighted by molar-refractivity contribution is -0.583. The third kappa shape index (κ3) is 2.36. The van der Waals surface area contributed by atoms with Gasteiger partial charge in [-0.3, -0.25) is 4.57 Å². The molecule has 6 rings (SSSR count). The molecule has 5 fully saturated rings. The van der Waals surface area contributed by atoms with Crippen molar-refractivity contribution >= 4 is 8.69 Å². The van der Waals surface area contributed by atoms with Crippen molar-refractivity contribution in [2.24, 2.45) is 29.6 Å². The van der Waals surface area contributed by atoms with Crippen LogP contribution in [0.3, 0.4) is 0 Å². The second-order valence-corrected chi connectivity index (χ2v) is 8.66. The number of rotatable bonds is 5. The normalized spacial score (nSPS) is 45.0. The summed E-state index contributed by atoms with van der Waals surface area (Å²) in [4.78, 5) is 11.3. The topological polar surface area (TPSA) is 54.0 Å². The van der Waals surface area contributed by atoms with E-state index in [0.29, 0.717) is 23.5 Å². The Balaban J connectivity index is 1.52. The van der Waals surface area contributed by atoms with E-state index < -0.39 is 14.3 Å². The summed E-state index contributed by atoms with van der Waals surface area (Å²) in [7, 11) is 0.444. The molecule has 0 radical (unpaired) electrons. The first-order valence-corrected chi connectivity index (χ1v) is 10.3. The predicted octanol–water partition coefficient (Wildman–Crippen LogP) is 3.94. The summed E-state index contributed by atoms with van der Waals surface area (Å²) in [5.74, 6) is 4.28. The van der Waals surface area contributed by atoms with Gasteiger partial charge in [0.25, 0.3) is 0 Å². The van der Waals surface area contributed by atoms with E-state index in [4.69, 9.17) is 19.0 Å². The maximum Gasteiger partial charge on any atom is 0.228 e. The molecule has 0 spiro atoms. The molecule has 3 unspecified atom stereocenters. The van der Waals surface area contributed by atoms with Crippen molar-refractivity contribution in [3.63, 3.8) is 0 Å². The molecule has 25 heavy (non-hydrogen) atoms. The van der Waals surface area contributed by atoms with Crippen molar-refractivity contribution in [1.29, 1.82) is 0 Å². The van der Waals surface area contributed by atoms with E-state index in [9.17, 15) is 4.57 Å². The molecule has 136 valence electrons. The Kier molecular flexibility index (Phi) is 3.97. The fraction of sp³-hybridized carbons (Fsp3) is 0.684. The van der Waals surface area contributed by atoms with Crippen LogP contribution in [0.25, 0.3) is 0 Å². The molecule has 4 bridgehead atoms. The first-order valence-electron chi connectivity index (χ1n) is 9.32. The Morgan fingerprint density at radius 3 is 2.16 bits per heavy atom. The van der Waals surface area contributed by atoms with Crippen LogP contribution in [-0.2, 0) is 24.7 Å². The third-order valence-electron chi connectivity index (χ3n) is 7.05. The molecule has 0 amide bonds. The Labute approximate surface area is 149 Å². The van der Waals surface area contributed by atoms with Crippen molar-refractivity contribution in [1.82, 2.24) is 0 Å². The van der Waals surface area contributed by atoms with E-state index in [1.54, 1.807) is 7.11 Å². The zero-order chi connectivity index (χ0) is 17.0. The summed E-state index contributed by atoms with van der Waals surface area (Å²) in [5, 5.41) is 0. The van der Waals surface area contributed by atoms with Gasteiger partial charge in [0, 0.05) is 13.0 Å². The molecule has 0 N–H and O–H groups in total. The third-order valence-corrected chi connectivity index (χ3v) is 7.42. The molecule has 5 aliphatic rings. The van der Waals surface area contributed by atoms with E-state index in [2.05, 4.69) is 0 Å². The van der Waals surface area contributed by atoms with Gasteiger partial charge in [0.05, 0.1) is 0 Å². The zero-order valence-electron chi connectivity index (χ0n) is 14.4. The van der Waals surface area contributed by atoms with Crippen LogP contribution >= 0.6 is 8.69 Å². The van der Waals surface area contributed by atoms with Gasteiger partial charge < -0.3 is 9.26 Å². The van der Waals surface area contributed by atoms with Gasteiger partial charge in [-0.2, -0.15) is 4.89 Å². The quantitative estimate of drug-likeness (QED) is 0.585. The lowest BCUT2D eigenvalue weighted by Crippen LogP contribution is -2.65. The van der Waals surface area contributed by atoms with Gasteiger partial charge in [0.1, 0.15) is 5.75 Å². The molecule has 6 heteroatoms. The van der Waals surface area contributed by atoms with E-state index in [-0.39, 0.29) is 6.29 Å². The van der Waals surface area contributed by atoms with Gasteiger partial charge >= 0.3 is 0 Å². The highest BCUT2D eigenvalue weighted by molar-refractivity contribution is 7.17. The summed E-state index contributed by atoms with van der Waals surface area (Å²) in [5.41, 5.74) is 0.552. The molecular formula is C19H25O5P. The van der Waals surface area contributed by atoms with E-state index >= 15 is 0 Å². The average Bonchev–Trinajstić information content (AvgIpc) is 2.58. The molecule has 1 aliphatic heterocycles. The van der Waals surface area contributed by atoms with Crippen molar-refractivity contribution in [3.05, 3.63) is 29.8 Å². The molecule has 1 saturated heterocycles. The lowest BCUT2D eigenvalue weighted by Gasteiger charge is -2.62.